The van der Waals surface area contributed by atoms with Crippen LogP contribution in [0.15, 0.2) is 41.7 Å². The quantitative estimate of drug-likeness (QED) is 0.648. The molecule has 0 heterocycles. The first kappa shape index (κ1) is 23.5. The fourth-order valence-corrected chi connectivity index (χ4v) is 3.11. The third-order valence-electron chi connectivity index (χ3n) is 5.14. The van der Waals surface area contributed by atoms with E-state index in [0.717, 1.165) is 18.4 Å². The number of nitrogens with one attached hydrogen (secondary N) is 1. The summed E-state index contributed by atoms with van der Waals surface area (Å²) in [5, 5.41) is 12.1. The van der Waals surface area contributed by atoms with E-state index in [4.69, 9.17) is 14.6 Å². The van der Waals surface area contributed by atoms with Crippen LogP contribution in [-0.4, -0.2) is 36.2 Å². The third kappa shape index (κ3) is 6.12. The number of carboxylic acid groups (broad SMARTS) is 1. The number of ether oxygens (including phenoxy) is 2. The molecular weight excluding hydrogens is 382 g/mol. The standard InChI is InChI=1S/C24H33NO5/c1-23(2,3)17-9-12-20(29-6)19(15-17)21(26)25-14-13-16-7-10-18(11-8-16)30-24(4,5)22(27)28/h7,9-10,12,15H,8,11,13-14H2,1-6H3,(H,25,26)(H,27,28). The summed E-state index contributed by atoms with van der Waals surface area (Å²) < 4.78 is 10.9. The fourth-order valence-electron chi connectivity index (χ4n) is 3.11. The Balaban J connectivity index is 1.96. The molecule has 6 nitrogen and oxygen atoms in total. The van der Waals surface area contributed by atoms with Crippen molar-refractivity contribution in [1.29, 1.82) is 0 Å². The molecule has 0 unspecified atom stereocenters. The molecule has 1 aliphatic carbocycles. The van der Waals surface area contributed by atoms with Gasteiger partial charge in [0.05, 0.1) is 18.4 Å². The van der Waals surface area contributed by atoms with Gasteiger partial charge in [0.2, 0.25) is 0 Å². The Morgan fingerprint density at radius 3 is 2.33 bits per heavy atom. The number of hydrogen-bond donors (Lipinski definition) is 2. The van der Waals surface area contributed by atoms with E-state index in [-0.39, 0.29) is 11.3 Å². The van der Waals surface area contributed by atoms with E-state index >= 15 is 0 Å². The molecule has 2 N–H and O–H groups in total. The molecule has 0 aliphatic heterocycles. The molecule has 2 rings (SSSR count). The second-order valence-corrected chi connectivity index (χ2v) is 9.05. The molecule has 0 aromatic heterocycles. The number of allylic oxidation sites excluding steroid dienone is 3. The molecule has 0 saturated carbocycles. The predicted octanol–water partition coefficient (Wildman–Crippen LogP) is 4.60. The van der Waals surface area contributed by atoms with Crippen LogP contribution in [0.3, 0.4) is 0 Å². The SMILES string of the molecule is COc1ccc(C(C)(C)C)cc1C(=O)NCCC1=CC=C(OC(C)(C)C(=O)O)CC1. The Hall–Kier alpha value is -2.76. The maximum Gasteiger partial charge on any atom is 0.347 e. The van der Waals surface area contributed by atoms with E-state index in [9.17, 15) is 9.59 Å². The van der Waals surface area contributed by atoms with Gasteiger partial charge >= 0.3 is 5.97 Å². The first-order chi connectivity index (χ1) is 13.9. The second-order valence-electron chi connectivity index (χ2n) is 9.05. The van der Waals surface area contributed by atoms with Gasteiger partial charge in [-0.05, 0) is 55.9 Å². The van der Waals surface area contributed by atoms with Crippen LogP contribution in [0.2, 0.25) is 0 Å². The summed E-state index contributed by atoms with van der Waals surface area (Å²) in [5.41, 5.74) is 1.49. The lowest BCUT2D eigenvalue weighted by Crippen LogP contribution is -2.34. The molecular formula is C24H33NO5. The van der Waals surface area contributed by atoms with Crippen molar-refractivity contribution in [3.63, 3.8) is 0 Å². The maximum atomic E-state index is 12.7. The molecule has 0 atom stereocenters. The minimum atomic E-state index is -1.24. The minimum absolute atomic E-state index is 0.0600. The van der Waals surface area contributed by atoms with Gasteiger partial charge in [-0.15, -0.1) is 0 Å². The number of carbonyl (C=O) groups excluding carboxylic acids is 1. The van der Waals surface area contributed by atoms with Crippen molar-refractivity contribution in [2.45, 2.75) is 64.9 Å². The fraction of sp³-hybridized carbons (Fsp3) is 0.500. The number of benzene rings is 1. The highest BCUT2D eigenvalue weighted by Crippen LogP contribution is 2.28. The van der Waals surface area contributed by atoms with Crippen molar-refractivity contribution in [2.75, 3.05) is 13.7 Å². The average molecular weight is 416 g/mol. The largest absolute Gasteiger partial charge is 0.496 e. The lowest BCUT2D eigenvalue weighted by molar-refractivity contribution is -0.157. The van der Waals surface area contributed by atoms with E-state index in [2.05, 4.69) is 26.1 Å². The van der Waals surface area contributed by atoms with Gasteiger partial charge in [0, 0.05) is 13.0 Å². The van der Waals surface area contributed by atoms with Crippen molar-refractivity contribution in [3.8, 4) is 5.75 Å². The van der Waals surface area contributed by atoms with Crippen LogP contribution in [0, 0.1) is 0 Å². The first-order valence-electron chi connectivity index (χ1n) is 10.2. The smallest absolute Gasteiger partial charge is 0.347 e. The molecule has 1 aromatic carbocycles. The van der Waals surface area contributed by atoms with Crippen LogP contribution in [0.5, 0.6) is 5.75 Å². The molecule has 0 spiro atoms. The summed E-state index contributed by atoms with van der Waals surface area (Å²) >= 11 is 0. The van der Waals surface area contributed by atoms with Crippen molar-refractivity contribution in [3.05, 3.63) is 52.8 Å². The van der Waals surface area contributed by atoms with E-state index in [1.165, 1.54) is 19.4 Å². The number of methoxy groups -OCH3 is 1. The molecule has 6 heteroatoms. The monoisotopic (exact) mass is 415 g/mol. The highest BCUT2D eigenvalue weighted by molar-refractivity contribution is 5.97. The lowest BCUT2D eigenvalue weighted by atomic mass is 9.86. The number of amides is 1. The summed E-state index contributed by atoms with van der Waals surface area (Å²) in [6.07, 6.45) is 5.92. The third-order valence-corrected chi connectivity index (χ3v) is 5.14. The van der Waals surface area contributed by atoms with Crippen LogP contribution >= 0.6 is 0 Å². The highest BCUT2D eigenvalue weighted by Gasteiger charge is 2.30. The normalized spacial score (nSPS) is 14.5. The summed E-state index contributed by atoms with van der Waals surface area (Å²) in [6, 6.07) is 5.72. The molecule has 0 radical (unpaired) electrons. The van der Waals surface area contributed by atoms with Crippen molar-refractivity contribution >= 4 is 11.9 Å². The molecule has 30 heavy (non-hydrogen) atoms. The van der Waals surface area contributed by atoms with Gasteiger partial charge in [-0.3, -0.25) is 4.79 Å². The van der Waals surface area contributed by atoms with Gasteiger partial charge in [-0.1, -0.05) is 38.5 Å². The summed E-state index contributed by atoms with van der Waals surface area (Å²) in [4.78, 5) is 23.9. The molecule has 1 amide bonds. The summed E-state index contributed by atoms with van der Waals surface area (Å²) in [6.45, 7) is 9.90. The molecule has 164 valence electrons. The maximum absolute atomic E-state index is 12.7. The van der Waals surface area contributed by atoms with Crippen molar-refractivity contribution in [1.82, 2.24) is 5.32 Å². The number of rotatable bonds is 8. The molecule has 1 aliphatic rings. The van der Waals surface area contributed by atoms with Crippen LogP contribution in [0.25, 0.3) is 0 Å². The highest BCUT2D eigenvalue weighted by atomic mass is 16.5. The van der Waals surface area contributed by atoms with Crippen LogP contribution in [-0.2, 0) is 14.9 Å². The Morgan fingerprint density at radius 2 is 1.80 bits per heavy atom. The van der Waals surface area contributed by atoms with Gasteiger partial charge in [-0.25, -0.2) is 4.79 Å². The van der Waals surface area contributed by atoms with Gasteiger partial charge < -0.3 is 19.9 Å². The van der Waals surface area contributed by atoms with E-state index in [1.807, 2.05) is 30.4 Å². The van der Waals surface area contributed by atoms with Gasteiger partial charge in [0.1, 0.15) is 5.75 Å². The zero-order valence-electron chi connectivity index (χ0n) is 18.8. The second kappa shape index (κ2) is 9.37. The summed E-state index contributed by atoms with van der Waals surface area (Å²) in [7, 11) is 1.56. The van der Waals surface area contributed by atoms with Crippen LogP contribution in [0.1, 0.15) is 69.8 Å². The van der Waals surface area contributed by atoms with E-state index in [0.29, 0.717) is 30.0 Å². The lowest BCUT2D eigenvalue weighted by Gasteiger charge is -2.25. The Kier molecular flexibility index (Phi) is 7.34. The zero-order chi connectivity index (χ0) is 22.5. The Bertz CT molecular complexity index is 859. The summed E-state index contributed by atoms with van der Waals surface area (Å²) in [5.74, 6) is 0.0750. The van der Waals surface area contributed by atoms with Crippen molar-refractivity contribution < 1.29 is 24.2 Å². The van der Waals surface area contributed by atoms with Crippen LogP contribution < -0.4 is 10.1 Å². The number of carboxylic acids is 1. The van der Waals surface area contributed by atoms with Gasteiger partial charge in [-0.2, -0.15) is 0 Å². The molecule has 0 bridgehead atoms. The zero-order valence-corrected chi connectivity index (χ0v) is 18.8. The van der Waals surface area contributed by atoms with Crippen LogP contribution in [0.4, 0.5) is 0 Å². The van der Waals surface area contributed by atoms with E-state index < -0.39 is 11.6 Å². The van der Waals surface area contributed by atoms with E-state index in [1.54, 1.807) is 7.11 Å². The Morgan fingerprint density at radius 1 is 1.10 bits per heavy atom. The number of hydrogen-bond acceptors (Lipinski definition) is 4. The predicted molar refractivity (Wildman–Crippen MR) is 117 cm³/mol. The van der Waals surface area contributed by atoms with Crippen molar-refractivity contribution in [2.24, 2.45) is 0 Å². The molecule has 0 fully saturated rings. The van der Waals surface area contributed by atoms with Gasteiger partial charge in [0.25, 0.3) is 5.91 Å². The molecule has 0 saturated heterocycles. The molecule has 1 aromatic rings. The minimum Gasteiger partial charge on any atom is -0.496 e. The topological polar surface area (TPSA) is 84.9 Å². The number of carbonyl (C=O) groups is 2. The average Bonchev–Trinajstić information content (AvgIpc) is 2.67. The number of aliphatic carboxylic acids is 1. The Labute approximate surface area is 179 Å². The first-order valence-corrected chi connectivity index (χ1v) is 10.2. The van der Waals surface area contributed by atoms with Gasteiger partial charge in [0.15, 0.2) is 5.60 Å².